The van der Waals surface area contributed by atoms with E-state index in [1.807, 2.05) is 0 Å². The first-order valence-electron chi connectivity index (χ1n) is 7.33. The van der Waals surface area contributed by atoms with Crippen LogP contribution in [0.5, 0.6) is 0 Å². The van der Waals surface area contributed by atoms with Gasteiger partial charge >= 0.3 is 0 Å². The van der Waals surface area contributed by atoms with Crippen LogP contribution in [0.2, 0.25) is 0 Å². The number of anilines is 1. The normalized spacial score (nSPS) is 17.2. The van der Waals surface area contributed by atoms with Crippen LogP contribution in [0.4, 0.5) is 5.69 Å². The van der Waals surface area contributed by atoms with Crippen LogP contribution in [0.25, 0.3) is 0 Å². The van der Waals surface area contributed by atoms with E-state index in [-0.39, 0.29) is 0 Å². The summed E-state index contributed by atoms with van der Waals surface area (Å²) < 4.78 is 0. The Labute approximate surface area is 111 Å². The molecule has 0 aliphatic carbocycles. The van der Waals surface area contributed by atoms with Crippen LogP contribution in [0.15, 0.2) is 18.2 Å². The summed E-state index contributed by atoms with van der Waals surface area (Å²) in [4.78, 5) is 2.59. The van der Waals surface area contributed by atoms with E-state index in [0.29, 0.717) is 0 Å². The molecule has 2 heteroatoms. The summed E-state index contributed by atoms with van der Waals surface area (Å²) in [5.74, 6) is 0. The van der Waals surface area contributed by atoms with Gasteiger partial charge in [0.25, 0.3) is 0 Å². The van der Waals surface area contributed by atoms with E-state index in [9.17, 15) is 0 Å². The van der Waals surface area contributed by atoms with Crippen LogP contribution >= 0.6 is 0 Å². The zero-order valence-corrected chi connectivity index (χ0v) is 12.0. The number of hydrogen-bond acceptors (Lipinski definition) is 2. The van der Waals surface area contributed by atoms with Crippen LogP contribution in [0.1, 0.15) is 37.8 Å². The number of nitrogens with zero attached hydrogens (tertiary/aromatic N) is 1. The molecule has 0 saturated carbocycles. The minimum atomic E-state index is 0.723. The summed E-state index contributed by atoms with van der Waals surface area (Å²) in [5.41, 5.74) is 4.42. The minimum absolute atomic E-state index is 0.723. The predicted molar refractivity (Wildman–Crippen MR) is 79.5 cm³/mol. The van der Waals surface area contributed by atoms with Gasteiger partial charge in [-0.25, -0.2) is 0 Å². The van der Waals surface area contributed by atoms with E-state index < -0.39 is 0 Å². The highest BCUT2D eigenvalue weighted by molar-refractivity contribution is 5.59. The Kier molecular flexibility index (Phi) is 4.65. The molecule has 1 aliphatic rings. The maximum atomic E-state index is 3.57. The van der Waals surface area contributed by atoms with Crippen molar-refractivity contribution in [2.24, 2.45) is 0 Å². The van der Waals surface area contributed by atoms with Gasteiger partial charge in [0.15, 0.2) is 0 Å². The highest BCUT2D eigenvalue weighted by Crippen LogP contribution is 2.28. The molecule has 0 bridgehead atoms. The smallest absolute Gasteiger partial charge is 0.0428 e. The fourth-order valence-electron chi connectivity index (χ4n) is 3.05. The van der Waals surface area contributed by atoms with Crippen molar-refractivity contribution in [1.82, 2.24) is 5.32 Å². The van der Waals surface area contributed by atoms with Crippen LogP contribution in [-0.2, 0) is 6.42 Å². The van der Waals surface area contributed by atoms with E-state index in [2.05, 4.69) is 49.2 Å². The molecule has 2 rings (SSSR count). The van der Waals surface area contributed by atoms with Crippen molar-refractivity contribution in [2.45, 2.75) is 46.1 Å². The number of nitrogens with one attached hydrogen (secondary N) is 1. The van der Waals surface area contributed by atoms with Crippen molar-refractivity contribution in [3.05, 3.63) is 29.3 Å². The second kappa shape index (κ2) is 6.24. The molecule has 0 atom stereocenters. The largest absolute Gasteiger partial charge is 0.371 e. The molecule has 100 valence electrons. The van der Waals surface area contributed by atoms with Crippen molar-refractivity contribution in [3.8, 4) is 0 Å². The summed E-state index contributed by atoms with van der Waals surface area (Å²) >= 11 is 0. The molecule has 1 N–H and O–H groups in total. The topological polar surface area (TPSA) is 15.3 Å². The molecule has 0 aromatic heterocycles. The molecule has 18 heavy (non-hydrogen) atoms. The van der Waals surface area contributed by atoms with E-state index in [4.69, 9.17) is 0 Å². The maximum Gasteiger partial charge on any atom is 0.0428 e. The van der Waals surface area contributed by atoms with Crippen LogP contribution in [0, 0.1) is 6.92 Å². The average Bonchev–Trinajstić information content (AvgIpc) is 2.40. The molecule has 0 unspecified atom stereocenters. The number of benzene rings is 1. The third-order valence-electron chi connectivity index (χ3n) is 4.01. The molecule has 1 aromatic carbocycles. The Morgan fingerprint density at radius 3 is 2.56 bits per heavy atom. The van der Waals surface area contributed by atoms with Gasteiger partial charge in [0.1, 0.15) is 0 Å². The molecule has 0 spiro atoms. The number of aryl methyl sites for hydroxylation is 2. The monoisotopic (exact) mass is 246 g/mol. The lowest BCUT2D eigenvalue weighted by Gasteiger charge is -2.36. The van der Waals surface area contributed by atoms with Gasteiger partial charge in [-0.1, -0.05) is 32.0 Å². The van der Waals surface area contributed by atoms with Crippen molar-refractivity contribution in [1.29, 1.82) is 0 Å². The minimum Gasteiger partial charge on any atom is -0.371 e. The number of hydrogen-bond donors (Lipinski definition) is 1. The van der Waals surface area contributed by atoms with Crippen molar-refractivity contribution >= 4 is 5.69 Å². The van der Waals surface area contributed by atoms with Crippen molar-refractivity contribution in [3.63, 3.8) is 0 Å². The summed E-state index contributed by atoms with van der Waals surface area (Å²) in [6.45, 7) is 10.2. The maximum absolute atomic E-state index is 3.57. The second-order valence-electron chi connectivity index (χ2n) is 5.26. The van der Waals surface area contributed by atoms with Crippen molar-refractivity contribution < 1.29 is 0 Å². The zero-order chi connectivity index (χ0) is 13.0. The van der Waals surface area contributed by atoms with E-state index in [0.717, 1.165) is 19.0 Å². The number of rotatable bonds is 4. The Hall–Kier alpha value is -1.02. The third kappa shape index (κ3) is 2.86. The van der Waals surface area contributed by atoms with Gasteiger partial charge < -0.3 is 10.2 Å². The van der Waals surface area contributed by atoms with Gasteiger partial charge in [-0.05, 0) is 43.9 Å². The zero-order valence-electron chi connectivity index (χ0n) is 12.0. The van der Waals surface area contributed by atoms with Crippen LogP contribution < -0.4 is 10.2 Å². The van der Waals surface area contributed by atoms with Gasteiger partial charge in [-0.2, -0.15) is 0 Å². The summed E-state index contributed by atoms with van der Waals surface area (Å²) in [6.07, 6.45) is 3.67. The molecular weight excluding hydrogens is 220 g/mol. The van der Waals surface area contributed by atoms with E-state index in [1.54, 1.807) is 0 Å². The summed E-state index contributed by atoms with van der Waals surface area (Å²) in [7, 11) is 0. The lowest BCUT2D eigenvalue weighted by Crippen LogP contribution is -2.43. The fourth-order valence-corrected chi connectivity index (χ4v) is 3.05. The highest BCUT2D eigenvalue weighted by atomic mass is 15.1. The van der Waals surface area contributed by atoms with Crippen molar-refractivity contribution in [2.75, 3.05) is 24.5 Å². The van der Waals surface area contributed by atoms with Gasteiger partial charge in [0.05, 0.1) is 0 Å². The van der Waals surface area contributed by atoms with Crippen LogP contribution in [-0.4, -0.2) is 25.7 Å². The number of para-hydroxylation sites is 1. The number of piperidine rings is 1. The standard InChI is InChI=1S/C16H26N2/c1-4-14-8-6-7-13(3)16(14)18-11-9-15(10-12-18)17-5-2/h6-8,15,17H,4-5,9-12H2,1-3H3. The van der Waals surface area contributed by atoms with Gasteiger partial charge in [-0.3, -0.25) is 0 Å². The lowest BCUT2D eigenvalue weighted by atomic mass is 9.99. The Morgan fingerprint density at radius 2 is 1.94 bits per heavy atom. The van der Waals surface area contributed by atoms with Crippen LogP contribution in [0.3, 0.4) is 0 Å². The Bertz CT molecular complexity index is 379. The quantitative estimate of drug-likeness (QED) is 0.878. The fraction of sp³-hybridized carbons (Fsp3) is 0.625. The third-order valence-corrected chi connectivity index (χ3v) is 4.01. The first-order chi connectivity index (χ1) is 8.76. The molecular formula is C16H26N2. The SMILES string of the molecule is CCNC1CCN(c2c(C)cccc2CC)CC1. The van der Waals surface area contributed by atoms with E-state index >= 15 is 0 Å². The molecule has 2 nitrogen and oxygen atoms in total. The molecule has 0 radical (unpaired) electrons. The first-order valence-corrected chi connectivity index (χ1v) is 7.33. The average molecular weight is 246 g/mol. The molecule has 1 saturated heterocycles. The van der Waals surface area contributed by atoms with E-state index in [1.165, 1.54) is 42.7 Å². The lowest BCUT2D eigenvalue weighted by molar-refractivity contribution is 0.423. The van der Waals surface area contributed by atoms with Gasteiger partial charge in [0.2, 0.25) is 0 Å². The Morgan fingerprint density at radius 1 is 1.22 bits per heavy atom. The molecule has 1 heterocycles. The molecule has 1 aliphatic heterocycles. The predicted octanol–water partition coefficient (Wildman–Crippen LogP) is 3.14. The van der Waals surface area contributed by atoms with Gasteiger partial charge in [0, 0.05) is 24.8 Å². The molecule has 0 amide bonds. The Balaban J connectivity index is 2.09. The first kappa shape index (κ1) is 13.4. The molecule has 1 aromatic rings. The molecule has 1 fully saturated rings. The highest BCUT2D eigenvalue weighted by Gasteiger charge is 2.20. The summed E-state index contributed by atoms with van der Waals surface area (Å²) in [6, 6.07) is 7.42. The summed E-state index contributed by atoms with van der Waals surface area (Å²) in [5, 5.41) is 3.57. The second-order valence-corrected chi connectivity index (χ2v) is 5.26. The van der Waals surface area contributed by atoms with Gasteiger partial charge in [-0.15, -0.1) is 0 Å².